The first-order valence-corrected chi connectivity index (χ1v) is 6.73. The lowest BCUT2D eigenvalue weighted by atomic mass is 9.65. The van der Waals surface area contributed by atoms with Crippen molar-refractivity contribution >= 4 is 5.78 Å². The van der Waals surface area contributed by atoms with Crippen molar-refractivity contribution in [2.45, 2.75) is 38.4 Å². The van der Waals surface area contributed by atoms with E-state index in [2.05, 4.69) is 0 Å². The molecule has 4 unspecified atom stereocenters. The largest absolute Gasteiger partial charge is 0.508 e. The number of fused-ring (bicyclic) bond motifs is 2. The van der Waals surface area contributed by atoms with E-state index in [0.717, 1.165) is 5.56 Å². The molecule has 0 saturated heterocycles. The van der Waals surface area contributed by atoms with Crippen molar-refractivity contribution in [2.24, 2.45) is 11.8 Å². The number of aromatic hydroxyl groups is 1. The molecule has 3 N–H and O–H groups in total. The standard InChI is InChI=1S/C15H18O4/c1-7-4-11-13(12(17)5-7)15(19)9-3-2-8(16)6-10(9)14(11)18/h4-5,8-10,15-17,19H,2-3,6H2,1H3. The van der Waals surface area contributed by atoms with E-state index in [-0.39, 0.29) is 23.4 Å². The van der Waals surface area contributed by atoms with Crippen molar-refractivity contribution in [1.29, 1.82) is 0 Å². The van der Waals surface area contributed by atoms with Gasteiger partial charge in [-0.25, -0.2) is 0 Å². The molecule has 2 aliphatic rings. The topological polar surface area (TPSA) is 77.8 Å². The Hall–Kier alpha value is -1.39. The van der Waals surface area contributed by atoms with Gasteiger partial charge in [0, 0.05) is 17.0 Å². The first-order valence-electron chi connectivity index (χ1n) is 6.73. The van der Waals surface area contributed by atoms with Gasteiger partial charge in [0.25, 0.3) is 0 Å². The number of rotatable bonds is 0. The molecule has 0 radical (unpaired) electrons. The number of hydrogen-bond donors (Lipinski definition) is 3. The average Bonchev–Trinajstić information content (AvgIpc) is 2.35. The highest BCUT2D eigenvalue weighted by Crippen LogP contribution is 2.48. The third kappa shape index (κ3) is 1.86. The zero-order valence-electron chi connectivity index (χ0n) is 10.8. The van der Waals surface area contributed by atoms with Gasteiger partial charge in [0.05, 0.1) is 12.2 Å². The predicted octanol–water partition coefficient (Wildman–Crippen LogP) is 1.71. The molecule has 2 aliphatic carbocycles. The van der Waals surface area contributed by atoms with Crippen LogP contribution in [0.4, 0.5) is 0 Å². The summed E-state index contributed by atoms with van der Waals surface area (Å²) in [6, 6.07) is 3.30. The van der Waals surface area contributed by atoms with Crippen LogP contribution in [-0.4, -0.2) is 27.2 Å². The van der Waals surface area contributed by atoms with Crippen LogP contribution in [0, 0.1) is 18.8 Å². The number of aliphatic hydroxyl groups is 2. The molecule has 0 bridgehead atoms. The molecule has 1 aromatic carbocycles. The second-order valence-electron chi connectivity index (χ2n) is 5.79. The second-order valence-corrected chi connectivity index (χ2v) is 5.79. The molecular formula is C15H18O4. The zero-order valence-corrected chi connectivity index (χ0v) is 10.8. The highest BCUT2D eigenvalue weighted by Gasteiger charge is 2.45. The fourth-order valence-corrected chi connectivity index (χ4v) is 3.56. The molecule has 0 aliphatic heterocycles. The molecule has 4 atom stereocenters. The summed E-state index contributed by atoms with van der Waals surface area (Å²) in [4.78, 5) is 12.5. The third-order valence-electron chi connectivity index (χ3n) is 4.48. The smallest absolute Gasteiger partial charge is 0.166 e. The van der Waals surface area contributed by atoms with Crippen molar-refractivity contribution in [2.75, 3.05) is 0 Å². The summed E-state index contributed by atoms with van der Waals surface area (Å²) < 4.78 is 0. The van der Waals surface area contributed by atoms with Gasteiger partial charge in [0.1, 0.15) is 5.75 Å². The summed E-state index contributed by atoms with van der Waals surface area (Å²) in [5, 5.41) is 30.2. The molecule has 102 valence electrons. The molecule has 4 nitrogen and oxygen atoms in total. The van der Waals surface area contributed by atoms with Gasteiger partial charge in [-0.2, -0.15) is 0 Å². The van der Waals surface area contributed by atoms with Gasteiger partial charge in [-0.3, -0.25) is 4.79 Å². The Labute approximate surface area is 111 Å². The van der Waals surface area contributed by atoms with Crippen LogP contribution in [-0.2, 0) is 0 Å². The predicted molar refractivity (Wildman–Crippen MR) is 69.0 cm³/mol. The summed E-state index contributed by atoms with van der Waals surface area (Å²) in [6.07, 6.45) is 0.358. The molecule has 1 saturated carbocycles. The zero-order chi connectivity index (χ0) is 13.7. The molecule has 19 heavy (non-hydrogen) atoms. The van der Waals surface area contributed by atoms with Crippen LogP contribution in [0.3, 0.4) is 0 Å². The van der Waals surface area contributed by atoms with Crippen molar-refractivity contribution in [3.8, 4) is 5.75 Å². The minimum Gasteiger partial charge on any atom is -0.508 e. The van der Waals surface area contributed by atoms with Gasteiger partial charge in [0.2, 0.25) is 0 Å². The van der Waals surface area contributed by atoms with Gasteiger partial charge < -0.3 is 15.3 Å². The highest BCUT2D eigenvalue weighted by molar-refractivity contribution is 6.01. The molecule has 4 heteroatoms. The summed E-state index contributed by atoms with van der Waals surface area (Å²) in [5.74, 6) is -0.562. The van der Waals surface area contributed by atoms with E-state index < -0.39 is 12.2 Å². The van der Waals surface area contributed by atoms with Crippen molar-refractivity contribution in [1.82, 2.24) is 0 Å². The second kappa shape index (κ2) is 4.32. The number of ketones is 1. The normalized spacial score (nSPS) is 33.7. The van der Waals surface area contributed by atoms with E-state index in [1.165, 1.54) is 0 Å². The molecule has 1 aromatic rings. The number of aliphatic hydroxyl groups excluding tert-OH is 2. The highest BCUT2D eigenvalue weighted by atomic mass is 16.3. The summed E-state index contributed by atoms with van der Waals surface area (Å²) in [6.45, 7) is 1.81. The van der Waals surface area contributed by atoms with Gasteiger partial charge in [-0.15, -0.1) is 0 Å². The average molecular weight is 262 g/mol. The van der Waals surface area contributed by atoms with Crippen LogP contribution < -0.4 is 0 Å². The molecule has 0 heterocycles. The quantitative estimate of drug-likeness (QED) is 0.665. The van der Waals surface area contributed by atoms with E-state index in [9.17, 15) is 20.1 Å². The Bertz CT molecular complexity index is 537. The number of Topliss-reactive ketones (excluding diaryl/α,β-unsaturated/α-hetero) is 1. The van der Waals surface area contributed by atoms with Crippen molar-refractivity contribution in [3.63, 3.8) is 0 Å². The van der Waals surface area contributed by atoms with Crippen LogP contribution in [0.2, 0.25) is 0 Å². The fraction of sp³-hybridized carbons (Fsp3) is 0.533. The summed E-state index contributed by atoms with van der Waals surface area (Å²) >= 11 is 0. The molecule has 1 fully saturated rings. The number of benzene rings is 1. The van der Waals surface area contributed by atoms with Crippen LogP contribution >= 0.6 is 0 Å². The first-order chi connectivity index (χ1) is 8.99. The minimum absolute atomic E-state index is 0.000391. The van der Waals surface area contributed by atoms with E-state index in [1.54, 1.807) is 12.1 Å². The number of carbonyl (C=O) groups is 1. The van der Waals surface area contributed by atoms with E-state index in [4.69, 9.17) is 0 Å². The molecule has 0 spiro atoms. The van der Waals surface area contributed by atoms with Crippen LogP contribution in [0.15, 0.2) is 12.1 Å². The molecule has 0 aromatic heterocycles. The minimum atomic E-state index is -0.814. The summed E-state index contributed by atoms with van der Waals surface area (Å²) in [5.41, 5.74) is 1.58. The number of phenols is 1. The lowest BCUT2D eigenvalue weighted by Gasteiger charge is -2.40. The molecular weight excluding hydrogens is 244 g/mol. The maximum Gasteiger partial charge on any atom is 0.166 e. The third-order valence-corrected chi connectivity index (χ3v) is 4.48. The van der Waals surface area contributed by atoms with E-state index in [0.29, 0.717) is 30.4 Å². The van der Waals surface area contributed by atoms with Gasteiger partial charge in [-0.05, 0) is 49.8 Å². The lowest BCUT2D eigenvalue weighted by Crippen LogP contribution is -2.40. The Morgan fingerprint density at radius 2 is 1.95 bits per heavy atom. The van der Waals surface area contributed by atoms with Gasteiger partial charge in [0.15, 0.2) is 5.78 Å². The number of hydrogen-bond acceptors (Lipinski definition) is 4. The van der Waals surface area contributed by atoms with E-state index >= 15 is 0 Å². The Kier molecular flexibility index (Phi) is 2.87. The van der Waals surface area contributed by atoms with Gasteiger partial charge in [-0.1, -0.05) is 0 Å². The maximum absolute atomic E-state index is 12.5. The fourth-order valence-electron chi connectivity index (χ4n) is 3.56. The lowest BCUT2D eigenvalue weighted by molar-refractivity contribution is -0.00270. The Morgan fingerprint density at radius 1 is 1.21 bits per heavy atom. The molecule has 3 rings (SSSR count). The SMILES string of the molecule is Cc1cc(O)c2c(c1)C(=O)C1CC(O)CCC1C2O. The molecule has 0 amide bonds. The van der Waals surface area contributed by atoms with Crippen LogP contribution in [0.1, 0.15) is 46.9 Å². The van der Waals surface area contributed by atoms with Gasteiger partial charge >= 0.3 is 0 Å². The number of carbonyl (C=O) groups excluding carboxylic acids is 1. The van der Waals surface area contributed by atoms with E-state index in [1.807, 2.05) is 6.92 Å². The van der Waals surface area contributed by atoms with Crippen molar-refractivity contribution < 1.29 is 20.1 Å². The Morgan fingerprint density at radius 3 is 2.68 bits per heavy atom. The maximum atomic E-state index is 12.5. The van der Waals surface area contributed by atoms with Crippen LogP contribution in [0.25, 0.3) is 0 Å². The van der Waals surface area contributed by atoms with Crippen LogP contribution in [0.5, 0.6) is 5.75 Å². The monoisotopic (exact) mass is 262 g/mol. The summed E-state index contributed by atoms with van der Waals surface area (Å²) in [7, 11) is 0. The first kappa shape index (κ1) is 12.6. The number of phenolic OH excluding ortho intramolecular Hbond substituents is 1. The number of aryl methyl sites for hydroxylation is 1. The van der Waals surface area contributed by atoms with Crippen molar-refractivity contribution in [3.05, 3.63) is 28.8 Å². The Balaban J connectivity index is 2.12.